The molecule has 104 valence electrons. The minimum absolute atomic E-state index is 0.322. The molecule has 0 aromatic carbocycles. The van der Waals surface area contributed by atoms with E-state index in [1.807, 2.05) is 0 Å². The van der Waals surface area contributed by atoms with E-state index in [1.165, 1.54) is 32.8 Å². The fourth-order valence-electron chi connectivity index (χ4n) is 3.53. The van der Waals surface area contributed by atoms with Gasteiger partial charge >= 0.3 is 5.97 Å². The molecule has 1 aromatic rings. The molecule has 2 unspecified atom stereocenters. The van der Waals surface area contributed by atoms with Crippen LogP contribution in [-0.4, -0.2) is 18.1 Å². The van der Waals surface area contributed by atoms with Gasteiger partial charge in [-0.1, -0.05) is 26.2 Å². The average Bonchev–Trinajstić information content (AvgIpc) is 3.03. The summed E-state index contributed by atoms with van der Waals surface area (Å²) in [6, 6.07) is 0. The lowest BCUT2D eigenvalue weighted by Crippen LogP contribution is -2.03. The van der Waals surface area contributed by atoms with E-state index < -0.39 is 5.97 Å². The maximum Gasteiger partial charge on any atom is 0.375 e. The summed E-state index contributed by atoms with van der Waals surface area (Å²) in [5, 5.41) is 0. The lowest BCUT2D eigenvalue weighted by atomic mass is 10.0. The van der Waals surface area contributed by atoms with E-state index in [9.17, 15) is 4.79 Å². The van der Waals surface area contributed by atoms with Crippen molar-refractivity contribution in [2.45, 2.75) is 51.4 Å². The van der Waals surface area contributed by atoms with Crippen LogP contribution < -0.4 is 0 Å². The Balaban J connectivity index is 1.84. The van der Waals surface area contributed by atoms with Crippen molar-refractivity contribution in [1.29, 1.82) is 0 Å². The van der Waals surface area contributed by atoms with Gasteiger partial charge in [-0.15, -0.1) is 0 Å². The van der Waals surface area contributed by atoms with Crippen LogP contribution in [0.4, 0.5) is 0 Å². The van der Waals surface area contributed by atoms with Gasteiger partial charge in [0.15, 0.2) is 5.89 Å². The molecule has 2 aliphatic carbocycles. The fourth-order valence-corrected chi connectivity index (χ4v) is 3.53. The third-order valence-electron chi connectivity index (χ3n) is 4.51. The molecule has 0 saturated heterocycles. The first-order chi connectivity index (χ1) is 9.26. The number of hydrogen-bond acceptors (Lipinski definition) is 4. The molecule has 0 amide bonds. The lowest BCUT2D eigenvalue weighted by molar-refractivity contribution is 0.0561. The number of carbonyl (C=O) groups excluding carboxylic acids is 1. The van der Waals surface area contributed by atoms with Crippen molar-refractivity contribution >= 4 is 5.97 Å². The first-order valence-electron chi connectivity index (χ1n) is 7.34. The van der Waals surface area contributed by atoms with E-state index >= 15 is 0 Å². The van der Waals surface area contributed by atoms with Gasteiger partial charge < -0.3 is 9.15 Å². The van der Waals surface area contributed by atoms with Crippen molar-refractivity contribution in [3.8, 4) is 0 Å². The molecule has 0 spiro atoms. The number of methoxy groups -OCH3 is 1. The van der Waals surface area contributed by atoms with Crippen molar-refractivity contribution in [2.24, 2.45) is 11.8 Å². The Hall–Kier alpha value is -1.32. The predicted molar refractivity (Wildman–Crippen MR) is 70.0 cm³/mol. The number of oxazole rings is 1. The number of aryl methyl sites for hydroxylation is 1. The Morgan fingerprint density at radius 3 is 2.63 bits per heavy atom. The number of rotatable bonds is 4. The highest BCUT2D eigenvalue weighted by molar-refractivity contribution is 5.87. The van der Waals surface area contributed by atoms with Crippen LogP contribution >= 0.6 is 0 Å². The van der Waals surface area contributed by atoms with E-state index in [2.05, 4.69) is 11.9 Å². The summed E-state index contributed by atoms with van der Waals surface area (Å²) in [7, 11) is 1.39. The minimum atomic E-state index is -0.397. The molecular weight excluding hydrogens is 242 g/mol. The molecule has 0 radical (unpaired) electrons. The Kier molecular flexibility index (Phi) is 3.33. The normalized spacial score (nSPS) is 28.8. The number of hydrogen-bond donors (Lipinski definition) is 0. The highest BCUT2D eigenvalue weighted by Crippen LogP contribution is 2.61. The molecule has 2 atom stereocenters. The van der Waals surface area contributed by atoms with Crippen molar-refractivity contribution in [2.75, 3.05) is 7.11 Å². The van der Waals surface area contributed by atoms with E-state index in [4.69, 9.17) is 9.15 Å². The number of carbonyl (C=O) groups is 1. The van der Waals surface area contributed by atoms with Gasteiger partial charge in [0.2, 0.25) is 5.76 Å². The molecule has 1 aromatic heterocycles. The SMILES string of the molecule is CCCc1nc(C2C3CCCCC32)oc1C(=O)OC. The quantitative estimate of drug-likeness (QED) is 0.782. The smallest absolute Gasteiger partial charge is 0.375 e. The zero-order valence-electron chi connectivity index (χ0n) is 11.6. The largest absolute Gasteiger partial charge is 0.463 e. The van der Waals surface area contributed by atoms with Crippen molar-refractivity contribution < 1.29 is 13.9 Å². The average molecular weight is 263 g/mol. The van der Waals surface area contributed by atoms with E-state index in [0.29, 0.717) is 11.7 Å². The lowest BCUT2D eigenvalue weighted by Gasteiger charge is -2.04. The third-order valence-corrected chi connectivity index (χ3v) is 4.51. The molecule has 19 heavy (non-hydrogen) atoms. The van der Waals surface area contributed by atoms with E-state index in [0.717, 1.165) is 36.3 Å². The molecular formula is C15H21NO3. The summed E-state index contributed by atoms with van der Waals surface area (Å²) in [4.78, 5) is 16.3. The van der Waals surface area contributed by atoms with Crippen LogP contribution in [0.15, 0.2) is 4.42 Å². The fraction of sp³-hybridized carbons (Fsp3) is 0.733. The van der Waals surface area contributed by atoms with Crippen molar-refractivity contribution in [1.82, 2.24) is 4.98 Å². The molecule has 2 saturated carbocycles. The summed E-state index contributed by atoms with van der Waals surface area (Å²) in [5.41, 5.74) is 0.771. The second-order valence-electron chi connectivity index (χ2n) is 5.71. The minimum Gasteiger partial charge on any atom is -0.463 e. The van der Waals surface area contributed by atoms with E-state index in [-0.39, 0.29) is 0 Å². The summed E-state index contributed by atoms with van der Waals surface area (Å²) >= 11 is 0. The summed E-state index contributed by atoms with van der Waals surface area (Å²) < 4.78 is 10.5. The van der Waals surface area contributed by atoms with Gasteiger partial charge in [0.05, 0.1) is 12.8 Å². The second kappa shape index (κ2) is 4.99. The molecule has 0 bridgehead atoms. The van der Waals surface area contributed by atoms with Gasteiger partial charge in [0, 0.05) is 5.92 Å². The molecule has 2 fully saturated rings. The highest BCUT2D eigenvalue weighted by atomic mass is 16.5. The van der Waals surface area contributed by atoms with Crippen LogP contribution in [0.1, 0.15) is 67.1 Å². The predicted octanol–water partition coefficient (Wildman–Crippen LogP) is 3.32. The summed E-state index contributed by atoms with van der Waals surface area (Å²) in [6.45, 7) is 2.08. The molecule has 4 nitrogen and oxygen atoms in total. The number of aromatic nitrogens is 1. The van der Waals surface area contributed by atoms with Gasteiger partial charge in [-0.2, -0.15) is 0 Å². The molecule has 2 aliphatic rings. The third kappa shape index (κ3) is 2.17. The van der Waals surface area contributed by atoms with Crippen LogP contribution in [0.5, 0.6) is 0 Å². The molecule has 1 heterocycles. The number of nitrogens with zero attached hydrogens (tertiary/aromatic N) is 1. The van der Waals surface area contributed by atoms with Gasteiger partial charge in [-0.05, 0) is 31.1 Å². The van der Waals surface area contributed by atoms with Gasteiger partial charge in [0.1, 0.15) is 0 Å². The van der Waals surface area contributed by atoms with Crippen LogP contribution in [0, 0.1) is 11.8 Å². The molecule has 0 aliphatic heterocycles. The van der Waals surface area contributed by atoms with Crippen molar-refractivity contribution in [3.05, 3.63) is 17.3 Å². The van der Waals surface area contributed by atoms with Crippen molar-refractivity contribution in [3.63, 3.8) is 0 Å². The van der Waals surface area contributed by atoms with Crippen LogP contribution in [-0.2, 0) is 11.2 Å². The monoisotopic (exact) mass is 263 g/mol. The topological polar surface area (TPSA) is 52.3 Å². The van der Waals surface area contributed by atoms with Gasteiger partial charge in [-0.3, -0.25) is 0 Å². The zero-order chi connectivity index (χ0) is 13.4. The number of ether oxygens (including phenoxy) is 1. The Morgan fingerprint density at radius 2 is 2.05 bits per heavy atom. The van der Waals surface area contributed by atoms with Crippen LogP contribution in [0.3, 0.4) is 0 Å². The summed E-state index contributed by atoms with van der Waals surface area (Å²) in [6.07, 6.45) is 6.94. The summed E-state index contributed by atoms with van der Waals surface area (Å²) in [5.74, 6) is 2.64. The van der Waals surface area contributed by atoms with Crippen LogP contribution in [0.2, 0.25) is 0 Å². The molecule has 4 heteroatoms. The first-order valence-corrected chi connectivity index (χ1v) is 7.34. The highest BCUT2D eigenvalue weighted by Gasteiger charge is 2.54. The molecule has 3 rings (SSSR count). The number of fused-ring (bicyclic) bond motifs is 1. The second-order valence-corrected chi connectivity index (χ2v) is 5.71. The Morgan fingerprint density at radius 1 is 1.37 bits per heavy atom. The van der Waals surface area contributed by atoms with E-state index in [1.54, 1.807) is 0 Å². The Bertz CT molecular complexity index is 468. The standard InChI is InChI=1S/C15H21NO3/c1-3-6-11-13(15(17)18-2)19-14(16-11)12-9-7-4-5-8-10(9)12/h9-10,12H,3-8H2,1-2H3. The van der Waals surface area contributed by atoms with Crippen LogP contribution in [0.25, 0.3) is 0 Å². The van der Waals surface area contributed by atoms with Gasteiger partial charge in [-0.25, -0.2) is 9.78 Å². The zero-order valence-corrected chi connectivity index (χ0v) is 11.6. The Labute approximate surface area is 113 Å². The maximum absolute atomic E-state index is 11.7. The molecule has 0 N–H and O–H groups in total. The maximum atomic E-state index is 11.7. The first kappa shape index (κ1) is 12.7. The number of esters is 1. The van der Waals surface area contributed by atoms with Gasteiger partial charge in [0.25, 0.3) is 0 Å².